The van der Waals surface area contributed by atoms with Crippen molar-refractivity contribution in [2.24, 2.45) is 0 Å². The van der Waals surface area contributed by atoms with Crippen molar-refractivity contribution in [3.8, 4) is 5.75 Å². The summed E-state index contributed by atoms with van der Waals surface area (Å²) in [6.45, 7) is 1.78. The van der Waals surface area contributed by atoms with Crippen LogP contribution >= 0.6 is 0 Å². The van der Waals surface area contributed by atoms with Gasteiger partial charge in [0.15, 0.2) is 11.6 Å². The standard InChI is InChI=1S/C13H10FNO5S/c1-9-2-5-11(6-3-9)21(18,19)20-13-7-4-10(15(16)17)8-12(13)14/h2-8H,1H3. The second kappa shape index (κ2) is 5.49. The van der Waals surface area contributed by atoms with E-state index in [4.69, 9.17) is 0 Å². The molecule has 0 amide bonds. The molecule has 0 fully saturated rings. The third-order valence-electron chi connectivity index (χ3n) is 2.64. The fourth-order valence-electron chi connectivity index (χ4n) is 1.54. The predicted octanol–water partition coefficient (Wildman–Crippen LogP) is 2.81. The molecule has 2 rings (SSSR count). The molecule has 0 atom stereocenters. The molecule has 0 N–H and O–H groups in total. The van der Waals surface area contributed by atoms with Gasteiger partial charge in [0.1, 0.15) is 4.90 Å². The maximum atomic E-state index is 13.6. The highest BCUT2D eigenvalue weighted by Crippen LogP contribution is 2.25. The molecule has 0 spiro atoms. The normalized spacial score (nSPS) is 11.1. The average Bonchev–Trinajstić information content (AvgIpc) is 2.41. The van der Waals surface area contributed by atoms with Crippen LogP contribution in [0.3, 0.4) is 0 Å². The van der Waals surface area contributed by atoms with E-state index in [1.54, 1.807) is 19.1 Å². The van der Waals surface area contributed by atoms with E-state index in [0.717, 1.165) is 17.7 Å². The van der Waals surface area contributed by atoms with Gasteiger partial charge >= 0.3 is 10.1 Å². The summed E-state index contributed by atoms with van der Waals surface area (Å²) in [6.07, 6.45) is 0. The minimum atomic E-state index is -4.20. The minimum absolute atomic E-state index is 0.133. The Morgan fingerprint density at radius 3 is 2.29 bits per heavy atom. The Hall–Kier alpha value is -2.48. The van der Waals surface area contributed by atoms with Crippen LogP contribution in [0.2, 0.25) is 0 Å². The molecule has 0 saturated carbocycles. The van der Waals surface area contributed by atoms with E-state index in [2.05, 4.69) is 4.18 Å². The molecule has 0 aliphatic rings. The van der Waals surface area contributed by atoms with E-state index in [9.17, 15) is 22.9 Å². The number of benzene rings is 2. The van der Waals surface area contributed by atoms with Crippen molar-refractivity contribution in [2.75, 3.05) is 0 Å². The van der Waals surface area contributed by atoms with E-state index in [-0.39, 0.29) is 4.90 Å². The molecule has 110 valence electrons. The number of non-ortho nitro benzene ring substituents is 1. The largest absolute Gasteiger partial charge is 0.376 e. The quantitative estimate of drug-likeness (QED) is 0.492. The van der Waals surface area contributed by atoms with E-state index in [0.29, 0.717) is 6.07 Å². The number of hydrogen-bond donors (Lipinski definition) is 0. The van der Waals surface area contributed by atoms with E-state index >= 15 is 0 Å². The van der Waals surface area contributed by atoms with Crippen LogP contribution in [0.4, 0.5) is 10.1 Å². The Bertz CT molecular complexity index is 787. The van der Waals surface area contributed by atoms with Crippen LogP contribution < -0.4 is 4.18 Å². The third-order valence-corrected chi connectivity index (χ3v) is 3.88. The number of nitro benzene ring substituents is 1. The number of aryl methyl sites for hydroxylation is 1. The smallest absolute Gasteiger partial charge is 0.339 e. The number of nitro groups is 1. The molecule has 2 aromatic rings. The first-order valence-electron chi connectivity index (χ1n) is 5.75. The van der Waals surface area contributed by atoms with Crippen LogP contribution in [0.25, 0.3) is 0 Å². The molecule has 0 bridgehead atoms. The molecule has 2 aromatic carbocycles. The Morgan fingerprint density at radius 2 is 1.76 bits per heavy atom. The number of nitrogens with zero attached hydrogens (tertiary/aromatic N) is 1. The van der Waals surface area contributed by atoms with Gasteiger partial charge < -0.3 is 4.18 Å². The number of rotatable bonds is 4. The first-order valence-corrected chi connectivity index (χ1v) is 7.15. The molecule has 0 saturated heterocycles. The third kappa shape index (κ3) is 3.34. The molecular weight excluding hydrogens is 301 g/mol. The van der Waals surface area contributed by atoms with Crippen LogP contribution in [0.5, 0.6) is 5.75 Å². The van der Waals surface area contributed by atoms with Crippen LogP contribution in [0, 0.1) is 22.9 Å². The van der Waals surface area contributed by atoms with Crippen molar-refractivity contribution < 1.29 is 21.9 Å². The SMILES string of the molecule is Cc1ccc(S(=O)(=O)Oc2ccc([N+](=O)[O-])cc2F)cc1. The van der Waals surface area contributed by atoms with Gasteiger partial charge in [-0.3, -0.25) is 10.1 Å². The Labute approximate surface area is 120 Å². The van der Waals surface area contributed by atoms with Gasteiger partial charge in [-0.25, -0.2) is 4.39 Å². The van der Waals surface area contributed by atoms with Crippen molar-refractivity contribution in [1.82, 2.24) is 0 Å². The van der Waals surface area contributed by atoms with Gasteiger partial charge in [0.2, 0.25) is 0 Å². The topological polar surface area (TPSA) is 86.5 Å². The zero-order valence-electron chi connectivity index (χ0n) is 10.8. The summed E-state index contributed by atoms with van der Waals surface area (Å²) in [5, 5.41) is 10.5. The lowest BCUT2D eigenvalue weighted by molar-refractivity contribution is -0.385. The van der Waals surface area contributed by atoms with Crippen molar-refractivity contribution in [3.63, 3.8) is 0 Å². The van der Waals surface area contributed by atoms with Gasteiger partial charge in [0, 0.05) is 6.07 Å². The summed E-state index contributed by atoms with van der Waals surface area (Å²) in [5.74, 6) is -1.72. The summed E-state index contributed by atoms with van der Waals surface area (Å²) >= 11 is 0. The van der Waals surface area contributed by atoms with Crippen LogP contribution in [0.15, 0.2) is 47.4 Å². The lowest BCUT2D eigenvalue weighted by Crippen LogP contribution is -2.10. The van der Waals surface area contributed by atoms with Gasteiger partial charge in [-0.05, 0) is 25.1 Å². The maximum absolute atomic E-state index is 13.6. The summed E-state index contributed by atoms with van der Waals surface area (Å²) < 4.78 is 42.2. The molecule has 0 aromatic heterocycles. The maximum Gasteiger partial charge on any atom is 0.339 e. The van der Waals surface area contributed by atoms with Crippen LogP contribution in [0.1, 0.15) is 5.56 Å². The van der Waals surface area contributed by atoms with Crippen LogP contribution in [-0.4, -0.2) is 13.3 Å². The Kier molecular flexibility index (Phi) is 3.90. The summed E-state index contributed by atoms with van der Waals surface area (Å²) in [7, 11) is -4.20. The van der Waals surface area contributed by atoms with E-state index in [1.807, 2.05) is 0 Å². The zero-order valence-corrected chi connectivity index (χ0v) is 11.6. The Balaban J connectivity index is 2.32. The molecule has 0 radical (unpaired) electrons. The molecule has 0 aliphatic carbocycles. The first kappa shape index (κ1) is 14.9. The van der Waals surface area contributed by atoms with Gasteiger partial charge in [-0.15, -0.1) is 0 Å². The molecular formula is C13H10FNO5S. The van der Waals surface area contributed by atoms with E-state index < -0.39 is 32.3 Å². The zero-order chi connectivity index (χ0) is 15.6. The highest BCUT2D eigenvalue weighted by atomic mass is 32.2. The van der Waals surface area contributed by atoms with Gasteiger partial charge in [0.25, 0.3) is 5.69 Å². The average molecular weight is 311 g/mol. The van der Waals surface area contributed by atoms with Gasteiger partial charge in [0.05, 0.1) is 11.0 Å². The highest BCUT2D eigenvalue weighted by molar-refractivity contribution is 7.87. The minimum Gasteiger partial charge on any atom is -0.376 e. The van der Waals surface area contributed by atoms with Gasteiger partial charge in [-0.1, -0.05) is 17.7 Å². The number of halogens is 1. The van der Waals surface area contributed by atoms with Crippen molar-refractivity contribution in [3.05, 3.63) is 64.0 Å². The molecule has 0 aliphatic heterocycles. The van der Waals surface area contributed by atoms with E-state index in [1.165, 1.54) is 12.1 Å². The fraction of sp³-hybridized carbons (Fsp3) is 0.0769. The predicted molar refractivity (Wildman–Crippen MR) is 72.0 cm³/mol. The molecule has 21 heavy (non-hydrogen) atoms. The monoisotopic (exact) mass is 311 g/mol. The molecule has 0 unspecified atom stereocenters. The Morgan fingerprint density at radius 1 is 1.14 bits per heavy atom. The second-order valence-electron chi connectivity index (χ2n) is 4.22. The van der Waals surface area contributed by atoms with Gasteiger partial charge in [-0.2, -0.15) is 8.42 Å². The fourth-order valence-corrected chi connectivity index (χ4v) is 2.48. The lowest BCUT2D eigenvalue weighted by atomic mass is 10.2. The van der Waals surface area contributed by atoms with Crippen molar-refractivity contribution in [1.29, 1.82) is 0 Å². The molecule has 0 heterocycles. The van der Waals surface area contributed by atoms with Crippen LogP contribution in [-0.2, 0) is 10.1 Å². The molecule has 6 nitrogen and oxygen atoms in total. The summed E-state index contributed by atoms with van der Waals surface area (Å²) in [4.78, 5) is 9.56. The molecule has 8 heteroatoms. The summed E-state index contributed by atoms with van der Waals surface area (Å²) in [5.41, 5.74) is 0.364. The lowest BCUT2D eigenvalue weighted by Gasteiger charge is -2.07. The second-order valence-corrected chi connectivity index (χ2v) is 5.77. The van der Waals surface area contributed by atoms with Crippen molar-refractivity contribution >= 4 is 15.8 Å². The number of hydrogen-bond acceptors (Lipinski definition) is 5. The summed E-state index contributed by atoms with van der Waals surface area (Å²) in [6, 6.07) is 8.26. The highest BCUT2D eigenvalue weighted by Gasteiger charge is 2.20. The van der Waals surface area contributed by atoms with Crippen molar-refractivity contribution in [2.45, 2.75) is 11.8 Å². The first-order chi connectivity index (χ1) is 9.79.